The summed E-state index contributed by atoms with van der Waals surface area (Å²) in [6, 6.07) is 17.9. The number of rotatable bonds is 11. The van der Waals surface area contributed by atoms with E-state index in [1.807, 2.05) is 12.1 Å². The number of fused-ring (bicyclic) bond motifs is 1. The average Bonchev–Trinajstić information content (AvgIpc) is 2.96. The van der Waals surface area contributed by atoms with Crippen LogP contribution in [0, 0.1) is 5.92 Å². The third-order valence-electron chi connectivity index (χ3n) is 7.62. The molecule has 222 valence electrons. The van der Waals surface area contributed by atoms with Crippen molar-refractivity contribution in [3.8, 4) is 11.1 Å². The van der Waals surface area contributed by atoms with Crippen molar-refractivity contribution in [3.05, 3.63) is 87.8 Å². The molecule has 2 aromatic carbocycles. The van der Waals surface area contributed by atoms with Crippen LogP contribution >= 0.6 is 0 Å². The van der Waals surface area contributed by atoms with E-state index in [9.17, 15) is 14.7 Å². The zero-order valence-corrected chi connectivity index (χ0v) is 25.7. The Morgan fingerprint density at radius 1 is 0.952 bits per heavy atom. The molecular weight excluding hydrogens is 524 g/mol. The molecule has 0 saturated carbocycles. The Kier molecular flexibility index (Phi) is 10.2. The van der Waals surface area contributed by atoms with E-state index in [-0.39, 0.29) is 30.0 Å². The van der Waals surface area contributed by atoms with Gasteiger partial charge in [-0.15, -0.1) is 0 Å². The van der Waals surface area contributed by atoms with Crippen molar-refractivity contribution in [2.45, 2.75) is 72.6 Å². The second kappa shape index (κ2) is 13.8. The molecule has 0 aliphatic carbocycles. The van der Waals surface area contributed by atoms with E-state index >= 15 is 0 Å². The molecule has 0 spiro atoms. The molecule has 0 saturated heterocycles. The van der Waals surface area contributed by atoms with Crippen molar-refractivity contribution < 1.29 is 9.90 Å². The fraction of sp³-hybridized carbons (Fsp3) is 0.400. The number of aryl methyl sites for hydroxylation is 1. The first-order valence-corrected chi connectivity index (χ1v) is 15.0. The zero-order chi connectivity index (χ0) is 30.4. The predicted octanol–water partition coefficient (Wildman–Crippen LogP) is 7.85. The standard InChI is InChI=1S/C35H44N4O3/c1-22(2)14-16-39(31-21-27-13-8-15-36-33(27)38-34(31)41)35(42)37-32-29(23(3)4)19-28(20-30(32)24(5)6)26-12-7-10-25(18-26)11-9-17-40/h7-8,10,12-13,15,18-24,40H,9,11,14,16-17H2,1-6H3,(H,37,42)(H,36,38,41). The Balaban J connectivity index is 1.78. The van der Waals surface area contributed by atoms with Crippen molar-refractivity contribution in [1.29, 1.82) is 0 Å². The van der Waals surface area contributed by atoms with Crippen LogP contribution in [0.4, 0.5) is 16.2 Å². The van der Waals surface area contributed by atoms with Crippen molar-refractivity contribution in [2.24, 2.45) is 5.92 Å². The summed E-state index contributed by atoms with van der Waals surface area (Å²) in [7, 11) is 0. The summed E-state index contributed by atoms with van der Waals surface area (Å²) in [6.07, 6.45) is 3.93. The van der Waals surface area contributed by atoms with E-state index in [1.54, 1.807) is 17.2 Å². The monoisotopic (exact) mass is 568 g/mol. The molecule has 4 rings (SSSR count). The number of hydrogen-bond acceptors (Lipinski definition) is 4. The smallest absolute Gasteiger partial charge is 0.326 e. The number of aliphatic hydroxyl groups excluding tert-OH is 1. The molecule has 2 amide bonds. The molecule has 0 atom stereocenters. The van der Waals surface area contributed by atoms with Gasteiger partial charge in [0.15, 0.2) is 0 Å². The van der Waals surface area contributed by atoms with Crippen molar-refractivity contribution in [2.75, 3.05) is 23.4 Å². The van der Waals surface area contributed by atoms with Crippen molar-refractivity contribution >= 4 is 28.4 Å². The second-order valence-corrected chi connectivity index (χ2v) is 12.1. The highest BCUT2D eigenvalue weighted by Gasteiger charge is 2.24. The van der Waals surface area contributed by atoms with E-state index in [0.29, 0.717) is 23.8 Å². The van der Waals surface area contributed by atoms with E-state index in [2.05, 4.69) is 93.2 Å². The van der Waals surface area contributed by atoms with Gasteiger partial charge >= 0.3 is 6.03 Å². The van der Waals surface area contributed by atoms with Crippen LogP contribution < -0.4 is 15.8 Å². The maximum atomic E-state index is 14.1. The molecule has 2 heterocycles. The van der Waals surface area contributed by atoms with Gasteiger partial charge in [0.25, 0.3) is 5.56 Å². The summed E-state index contributed by atoms with van der Waals surface area (Å²) in [5, 5.41) is 13.3. The second-order valence-electron chi connectivity index (χ2n) is 12.1. The highest BCUT2D eigenvalue weighted by molar-refractivity contribution is 6.03. The number of nitrogens with zero attached hydrogens (tertiary/aromatic N) is 2. The first-order chi connectivity index (χ1) is 20.1. The first kappa shape index (κ1) is 31.0. The average molecular weight is 569 g/mol. The van der Waals surface area contributed by atoms with Gasteiger partial charge < -0.3 is 15.4 Å². The predicted molar refractivity (Wildman–Crippen MR) is 174 cm³/mol. The molecule has 0 aliphatic rings. The van der Waals surface area contributed by atoms with Gasteiger partial charge in [0.1, 0.15) is 11.3 Å². The third kappa shape index (κ3) is 7.26. The van der Waals surface area contributed by atoms with Crippen molar-refractivity contribution in [3.63, 3.8) is 0 Å². The number of carbonyl (C=O) groups excluding carboxylic acids is 1. The SMILES string of the molecule is CC(C)CCN(C(=O)Nc1c(C(C)C)cc(-c2cccc(CCCO)c2)cc1C(C)C)c1cc2cccnc2[nH]c1=O. The number of H-pyrrole nitrogens is 1. The van der Waals surface area contributed by atoms with Crippen LogP contribution in [0.25, 0.3) is 22.2 Å². The summed E-state index contributed by atoms with van der Waals surface area (Å²) in [5.41, 5.74) is 6.76. The van der Waals surface area contributed by atoms with Gasteiger partial charge in [-0.2, -0.15) is 0 Å². The number of benzene rings is 2. The number of carbonyl (C=O) groups is 1. The van der Waals surface area contributed by atoms with Crippen LogP contribution in [-0.4, -0.2) is 34.3 Å². The van der Waals surface area contributed by atoms with Gasteiger partial charge in [-0.05, 0) is 95.2 Å². The molecular formula is C35H44N4O3. The largest absolute Gasteiger partial charge is 0.396 e. The van der Waals surface area contributed by atoms with Crippen LogP contribution in [0.15, 0.2) is 65.6 Å². The molecule has 4 aromatic rings. The Bertz CT molecular complexity index is 1560. The number of urea groups is 1. The lowest BCUT2D eigenvalue weighted by Gasteiger charge is -2.27. The molecule has 42 heavy (non-hydrogen) atoms. The van der Waals surface area contributed by atoms with Crippen LogP contribution in [0.5, 0.6) is 0 Å². The quantitative estimate of drug-likeness (QED) is 0.172. The molecule has 2 aromatic heterocycles. The summed E-state index contributed by atoms with van der Waals surface area (Å²) in [5.74, 6) is 0.649. The number of aliphatic hydroxyl groups is 1. The molecule has 0 radical (unpaired) electrons. The number of nitrogens with one attached hydrogen (secondary N) is 2. The van der Waals surface area contributed by atoms with Gasteiger partial charge in [0.2, 0.25) is 0 Å². The minimum Gasteiger partial charge on any atom is -0.396 e. The summed E-state index contributed by atoms with van der Waals surface area (Å²) >= 11 is 0. The highest BCUT2D eigenvalue weighted by Crippen LogP contribution is 2.38. The Morgan fingerprint density at radius 3 is 2.31 bits per heavy atom. The highest BCUT2D eigenvalue weighted by atomic mass is 16.3. The van der Waals surface area contributed by atoms with Crippen LogP contribution in [0.2, 0.25) is 0 Å². The Labute approximate surface area is 249 Å². The zero-order valence-electron chi connectivity index (χ0n) is 25.7. The van der Waals surface area contributed by atoms with E-state index in [4.69, 9.17) is 0 Å². The molecule has 0 bridgehead atoms. The third-order valence-corrected chi connectivity index (χ3v) is 7.62. The minimum atomic E-state index is -0.343. The van der Waals surface area contributed by atoms with Gasteiger partial charge in [0.05, 0.1) is 0 Å². The molecule has 7 heteroatoms. The lowest BCUT2D eigenvalue weighted by molar-refractivity contribution is 0.256. The van der Waals surface area contributed by atoms with Crippen LogP contribution in [0.1, 0.15) is 82.9 Å². The Morgan fingerprint density at radius 2 is 1.67 bits per heavy atom. The fourth-order valence-corrected chi connectivity index (χ4v) is 5.22. The first-order valence-electron chi connectivity index (χ1n) is 15.0. The minimum absolute atomic E-state index is 0.148. The van der Waals surface area contributed by atoms with E-state index in [0.717, 1.165) is 52.6 Å². The lowest BCUT2D eigenvalue weighted by atomic mass is 9.88. The van der Waals surface area contributed by atoms with E-state index in [1.165, 1.54) is 5.56 Å². The maximum Gasteiger partial charge on any atom is 0.326 e. The number of aromatic nitrogens is 2. The van der Waals surface area contributed by atoms with Gasteiger partial charge in [0, 0.05) is 30.4 Å². The number of amides is 2. The number of anilines is 2. The van der Waals surface area contributed by atoms with Crippen molar-refractivity contribution in [1.82, 2.24) is 9.97 Å². The Hall–Kier alpha value is -3.97. The fourth-order valence-electron chi connectivity index (χ4n) is 5.22. The van der Waals surface area contributed by atoms with Crippen LogP contribution in [0.3, 0.4) is 0 Å². The number of aromatic amines is 1. The van der Waals surface area contributed by atoms with Gasteiger partial charge in [-0.3, -0.25) is 9.69 Å². The van der Waals surface area contributed by atoms with E-state index < -0.39 is 0 Å². The number of hydrogen-bond donors (Lipinski definition) is 3. The molecule has 0 fully saturated rings. The maximum absolute atomic E-state index is 14.1. The topological polar surface area (TPSA) is 98.3 Å². The van der Waals surface area contributed by atoms with Gasteiger partial charge in [-0.25, -0.2) is 9.78 Å². The summed E-state index contributed by atoms with van der Waals surface area (Å²) in [4.78, 5) is 36.0. The molecule has 0 aliphatic heterocycles. The summed E-state index contributed by atoms with van der Waals surface area (Å²) in [6.45, 7) is 13.3. The number of pyridine rings is 2. The molecule has 0 unspecified atom stereocenters. The van der Waals surface area contributed by atoms with Crippen LogP contribution in [-0.2, 0) is 6.42 Å². The molecule has 3 N–H and O–H groups in total. The lowest BCUT2D eigenvalue weighted by Crippen LogP contribution is -2.40. The van der Waals surface area contributed by atoms with Gasteiger partial charge in [-0.1, -0.05) is 65.8 Å². The summed E-state index contributed by atoms with van der Waals surface area (Å²) < 4.78 is 0. The molecule has 7 nitrogen and oxygen atoms in total. The normalized spacial score (nSPS) is 11.6.